The highest BCUT2D eigenvalue weighted by atomic mass is 35.5. The molecular weight excluding hydrogens is 381 g/mol. The molecule has 24 heavy (non-hydrogen) atoms. The van der Waals surface area contributed by atoms with Crippen molar-refractivity contribution in [2.24, 2.45) is 0 Å². The van der Waals surface area contributed by atoms with E-state index in [1.54, 1.807) is 30.1 Å². The van der Waals surface area contributed by atoms with Crippen molar-refractivity contribution >= 4 is 69.4 Å². The predicted octanol–water partition coefficient (Wildman–Crippen LogP) is 7.06. The van der Waals surface area contributed by atoms with Crippen molar-refractivity contribution in [3.8, 4) is 0 Å². The molecule has 0 bridgehead atoms. The SMILES string of the molecule is CCCSNc1ccc(SNc2ccc(Cl)c3c(Cl)c[nH]c23)cc1. The Morgan fingerprint density at radius 3 is 2.54 bits per heavy atom. The van der Waals surface area contributed by atoms with Crippen LogP contribution in [0.1, 0.15) is 13.3 Å². The molecule has 3 rings (SSSR count). The van der Waals surface area contributed by atoms with Crippen molar-refractivity contribution in [1.29, 1.82) is 0 Å². The second-order valence-corrected chi connectivity index (χ2v) is 7.76. The van der Waals surface area contributed by atoms with Crippen LogP contribution < -0.4 is 9.44 Å². The van der Waals surface area contributed by atoms with Gasteiger partial charge in [-0.3, -0.25) is 0 Å². The molecule has 0 aliphatic rings. The van der Waals surface area contributed by atoms with Gasteiger partial charge in [0, 0.05) is 27.9 Å². The van der Waals surface area contributed by atoms with Gasteiger partial charge in [0.2, 0.25) is 0 Å². The van der Waals surface area contributed by atoms with Gasteiger partial charge in [-0.25, -0.2) is 0 Å². The molecule has 126 valence electrons. The van der Waals surface area contributed by atoms with Gasteiger partial charge in [-0.2, -0.15) is 0 Å². The Labute approximate surface area is 160 Å². The van der Waals surface area contributed by atoms with Crippen LogP contribution in [-0.4, -0.2) is 10.7 Å². The fraction of sp³-hybridized carbons (Fsp3) is 0.176. The van der Waals surface area contributed by atoms with Gasteiger partial charge in [0.1, 0.15) is 0 Å². The Hall–Kier alpha value is -1.14. The number of nitrogens with one attached hydrogen (secondary N) is 3. The molecule has 0 aliphatic heterocycles. The summed E-state index contributed by atoms with van der Waals surface area (Å²) in [4.78, 5) is 4.29. The van der Waals surface area contributed by atoms with Crippen molar-refractivity contribution in [1.82, 2.24) is 4.98 Å². The minimum atomic E-state index is 0.628. The van der Waals surface area contributed by atoms with E-state index in [0.717, 1.165) is 39.3 Å². The third-order valence-electron chi connectivity index (χ3n) is 3.37. The molecule has 0 radical (unpaired) electrons. The van der Waals surface area contributed by atoms with Crippen LogP contribution in [0, 0.1) is 0 Å². The molecule has 0 unspecified atom stereocenters. The van der Waals surface area contributed by atoms with Gasteiger partial charge in [0.25, 0.3) is 0 Å². The number of hydrogen-bond donors (Lipinski definition) is 3. The quantitative estimate of drug-likeness (QED) is 0.294. The zero-order chi connectivity index (χ0) is 16.9. The van der Waals surface area contributed by atoms with E-state index in [1.807, 2.05) is 12.1 Å². The number of anilines is 2. The Bertz CT molecular complexity index is 819. The van der Waals surface area contributed by atoms with Crippen LogP contribution in [0.3, 0.4) is 0 Å². The first-order valence-corrected chi connectivity index (χ1v) is 10.1. The number of aromatic nitrogens is 1. The van der Waals surface area contributed by atoms with Crippen LogP contribution in [0.2, 0.25) is 10.0 Å². The van der Waals surface area contributed by atoms with Crippen molar-refractivity contribution in [2.45, 2.75) is 18.2 Å². The van der Waals surface area contributed by atoms with E-state index in [4.69, 9.17) is 23.2 Å². The third-order valence-corrected chi connectivity index (χ3v) is 5.80. The van der Waals surface area contributed by atoms with E-state index in [0.29, 0.717) is 10.0 Å². The first kappa shape index (κ1) is 17.7. The topological polar surface area (TPSA) is 39.8 Å². The van der Waals surface area contributed by atoms with E-state index in [2.05, 4.69) is 45.6 Å². The molecule has 1 aromatic heterocycles. The van der Waals surface area contributed by atoms with Crippen LogP contribution in [0.4, 0.5) is 11.4 Å². The summed E-state index contributed by atoms with van der Waals surface area (Å²) >= 11 is 15.7. The number of H-pyrrole nitrogens is 1. The average molecular weight is 398 g/mol. The largest absolute Gasteiger partial charge is 0.358 e. The normalized spacial score (nSPS) is 11.0. The lowest BCUT2D eigenvalue weighted by atomic mass is 10.2. The van der Waals surface area contributed by atoms with Crippen LogP contribution in [-0.2, 0) is 0 Å². The smallest absolute Gasteiger partial charge is 0.0728 e. The molecule has 7 heteroatoms. The summed E-state index contributed by atoms with van der Waals surface area (Å²) in [7, 11) is 0. The van der Waals surface area contributed by atoms with Crippen LogP contribution in [0.15, 0.2) is 47.5 Å². The highest BCUT2D eigenvalue weighted by molar-refractivity contribution is 8.00. The van der Waals surface area contributed by atoms with Gasteiger partial charge in [-0.05, 0) is 54.8 Å². The van der Waals surface area contributed by atoms with Gasteiger partial charge in [0.05, 0.1) is 21.2 Å². The molecule has 1 heterocycles. The third kappa shape index (κ3) is 4.09. The van der Waals surface area contributed by atoms with E-state index in [-0.39, 0.29) is 0 Å². The van der Waals surface area contributed by atoms with Gasteiger partial charge >= 0.3 is 0 Å². The monoisotopic (exact) mass is 397 g/mol. The Morgan fingerprint density at radius 2 is 1.79 bits per heavy atom. The summed E-state index contributed by atoms with van der Waals surface area (Å²) in [5.41, 5.74) is 2.98. The summed E-state index contributed by atoms with van der Waals surface area (Å²) < 4.78 is 6.69. The molecule has 0 aliphatic carbocycles. The molecule has 3 nitrogen and oxygen atoms in total. The highest BCUT2D eigenvalue weighted by Gasteiger charge is 2.10. The van der Waals surface area contributed by atoms with Gasteiger partial charge in [0.15, 0.2) is 0 Å². The molecule has 0 atom stereocenters. The van der Waals surface area contributed by atoms with Crippen LogP contribution >= 0.6 is 47.1 Å². The minimum Gasteiger partial charge on any atom is -0.358 e. The van der Waals surface area contributed by atoms with E-state index in [1.165, 1.54) is 0 Å². The number of hydrogen-bond acceptors (Lipinski definition) is 4. The Morgan fingerprint density at radius 1 is 1.00 bits per heavy atom. The zero-order valence-corrected chi connectivity index (χ0v) is 16.2. The maximum absolute atomic E-state index is 6.21. The van der Waals surface area contributed by atoms with Crippen molar-refractivity contribution in [3.63, 3.8) is 0 Å². The lowest BCUT2D eigenvalue weighted by Gasteiger charge is -2.09. The van der Waals surface area contributed by atoms with Crippen molar-refractivity contribution in [3.05, 3.63) is 52.6 Å². The molecule has 0 fully saturated rings. The van der Waals surface area contributed by atoms with E-state index >= 15 is 0 Å². The number of aromatic amines is 1. The fourth-order valence-corrected chi connectivity index (χ4v) is 4.03. The number of halogens is 2. The van der Waals surface area contributed by atoms with Gasteiger partial charge in [-0.15, -0.1) is 0 Å². The molecule has 3 N–H and O–H groups in total. The van der Waals surface area contributed by atoms with Crippen molar-refractivity contribution < 1.29 is 0 Å². The first-order valence-electron chi connectivity index (χ1n) is 7.55. The lowest BCUT2D eigenvalue weighted by molar-refractivity contribution is 1.11. The summed E-state index contributed by atoms with van der Waals surface area (Å²) in [6, 6.07) is 12.1. The van der Waals surface area contributed by atoms with E-state index < -0.39 is 0 Å². The second kappa shape index (κ2) is 8.30. The number of fused-ring (bicyclic) bond motifs is 1. The Kier molecular flexibility index (Phi) is 6.11. The van der Waals surface area contributed by atoms with Gasteiger partial charge < -0.3 is 14.4 Å². The van der Waals surface area contributed by atoms with Crippen molar-refractivity contribution in [2.75, 3.05) is 15.2 Å². The standard InChI is InChI=1S/C17H17Cl2N3S2/c1-2-9-23-21-11-3-5-12(6-4-11)24-22-15-8-7-13(18)16-14(19)10-20-17(15)16/h3-8,10,20-22H,2,9H2,1H3. The molecular formula is C17H17Cl2N3S2. The second-order valence-electron chi connectivity index (χ2n) is 5.16. The Balaban J connectivity index is 1.67. The predicted molar refractivity (Wildman–Crippen MR) is 111 cm³/mol. The molecule has 0 spiro atoms. The summed E-state index contributed by atoms with van der Waals surface area (Å²) in [5, 5.41) is 2.12. The zero-order valence-electron chi connectivity index (χ0n) is 13.0. The molecule has 2 aromatic carbocycles. The molecule has 3 aromatic rings. The van der Waals surface area contributed by atoms with Crippen LogP contribution in [0.25, 0.3) is 10.9 Å². The summed E-state index contributed by atoms with van der Waals surface area (Å²) in [6.45, 7) is 2.17. The molecule has 0 amide bonds. The maximum Gasteiger partial charge on any atom is 0.0728 e. The average Bonchev–Trinajstić information content (AvgIpc) is 2.99. The molecule has 0 saturated heterocycles. The summed E-state index contributed by atoms with van der Waals surface area (Å²) in [6.07, 6.45) is 2.91. The van der Waals surface area contributed by atoms with Gasteiger partial charge in [-0.1, -0.05) is 42.1 Å². The van der Waals surface area contributed by atoms with Crippen LogP contribution in [0.5, 0.6) is 0 Å². The minimum absolute atomic E-state index is 0.628. The number of benzene rings is 2. The maximum atomic E-state index is 6.21. The summed E-state index contributed by atoms with van der Waals surface area (Å²) in [5.74, 6) is 1.10. The van der Waals surface area contributed by atoms with E-state index in [9.17, 15) is 0 Å². The lowest BCUT2D eigenvalue weighted by Crippen LogP contribution is -1.90. The molecule has 0 saturated carbocycles. The fourth-order valence-electron chi connectivity index (χ4n) is 2.19. The highest BCUT2D eigenvalue weighted by Crippen LogP contribution is 2.36. The number of rotatable bonds is 7. The first-order chi connectivity index (χ1) is 11.7.